The Bertz CT molecular complexity index is 1140. The van der Waals surface area contributed by atoms with Gasteiger partial charge in [0.2, 0.25) is 0 Å². The molecule has 4 aromatic rings. The van der Waals surface area contributed by atoms with Gasteiger partial charge >= 0.3 is 0 Å². The molecule has 4 nitrogen and oxygen atoms in total. The number of aromatic nitrogens is 2. The number of rotatable bonds is 9. The van der Waals surface area contributed by atoms with Crippen molar-refractivity contribution in [3.8, 4) is 11.5 Å². The summed E-state index contributed by atoms with van der Waals surface area (Å²) in [5, 5.41) is 0. The minimum absolute atomic E-state index is 0.455. The topological polar surface area (TPSA) is 36.3 Å². The zero-order valence-corrected chi connectivity index (χ0v) is 18.6. The molecule has 0 aliphatic rings. The highest BCUT2D eigenvalue weighted by atomic mass is 16.5. The molecule has 1 heterocycles. The predicted molar refractivity (Wildman–Crippen MR) is 126 cm³/mol. The van der Waals surface area contributed by atoms with Crippen LogP contribution in [0.2, 0.25) is 0 Å². The second-order valence-corrected chi connectivity index (χ2v) is 8.05. The number of para-hydroxylation sites is 3. The molecule has 0 aliphatic heterocycles. The third-order valence-electron chi connectivity index (χ3n) is 5.52. The first-order valence-corrected chi connectivity index (χ1v) is 10.9. The van der Waals surface area contributed by atoms with Crippen molar-refractivity contribution in [2.24, 2.45) is 0 Å². The van der Waals surface area contributed by atoms with E-state index in [-0.39, 0.29) is 0 Å². The van der Waals surface area contributed by atoms with E-state index in [0.717, 1.165) is 47.7 Å². The maximum absolute atomic E-state index is 6.07. The van der Waals surface area contributed by atoms with Crippen LogP contribution in [0.5, 0.6) is 11.5 Å². The molecular formula is C27H30N2O2. The molecular weight excluding hydrogens is 384 g/mol. The van der Waals surface area contributed by atoms with E-state index in [0.29, 0.717) is 13.2 Å². The number of nitrogens with zero attached hydrogens (tertiary/aromatic N) is 2. The lowest BCUT2D eigenvalue weighted by atomic mass is 10.1. The molecule has 160 valence electrons. The van der Waals surface area contributed by atoms with E-state index < -0.39 is 0 Å². The molecule has 0 bridgehead atoms. The number of ether oxygens (including phenoxy) is 2. The van der Waals surface area contributed by atoms with Crippen LogP contribution in [0.15, 0.2) is 66.7 Å². The molecule has 0 aliphatic carbocycles. The molecule has 0 saturated heterocycles. The lowest BCUT2D eigenvalue weighted by Crippen LogP contribution is -2.09. The number of hydrogen-bond acceptors (Lipinski definition) is 3. The molecule has 31 heavy (non-hydrogen) atoms. The average molecular weight is 415 g/mol. The highest BCUT2D eigenvalue weighted by molar-refractivity contribution is 5.75. The van der Waals surface area contributed by atoms with Crippen LogP contribution in [0.1, 0.15) is 35.4 Å². The van der Waals surface area contributed by atoms with Gasteiger partial charge in [0.25, 0.3) is 0 Å². The van der Waals surface area contributed by atoms with E-state index in [9.17, 15) is 0 Å². The van der Waals surface area contributed by atoms with Crippen molar-refractivity contribution in [2.45, 2.75) is 46.8 Å². The van der Waals surface area contributed by atoms with E-state index in [1.54, 1.807) is 0 Å². The summed E-state index contributed by atoms with van der Waals surface area (Å²) in [6.07, 6.45) is 2.00. The Kier molecular flexibility index (Phi) is 6.56. The fourth-order valence-electron chi connectivity index (χ4n) is 3.91. The second kappa shape index (κ2) is 9.69. The van der Waals surface area contributed by atoms with Crippen molar-refractivity contribution < 1.29 is 9.47 Å². The Morgan fingerprint density at radius 3 is 2.39 bits per heavy atom. The van der Waals surface area contributed by atoms with Crippen LogP contribution in [0, 0.1) is 20.8 Å². The van der Waals surface area contributed by atoms with E-state index in [2.05, 4.69) is 73.9 Å². The summed E-state index contributed by atoms with van der Waals surface area (Å²) in [7, 11) is 0. The SMILES string of the molecule is Cc1cccc(OCc2nc3ccccc3n2CCCCOc2c(C)cccc2C)c1. The van der Waals surface area contributed by atoms with Gasteiger partial charge in [-0.2, -0.15) is 0 Å². The lowest BCUT2D eigenvalue weighted by molar-refractivity contribution is 0.284. The Hall–Kier alpha value is -3.27. The largest absolute Gasteiger partial charge is 0.493 e. The number of hydrogen-bond donors (Lipinski definition) is 0. The quantitative estimate of drug-likeness (QED) is 0.297. The van der Waals surface area contributed by atoms with E-state index >= 15 is 0 Å². The summed E-state index contributed by atoms with van der Waals surface area (Å²) < 4.78 is 14.4. The van der Waals surface area contributed by atoms with Gasteiger partial charge in [0.05, 0.1) is 17.6 Å². The van der Waals surface area contributed by atoms with Gasteiger partial charge in [-0.1, -0.05) is 42.5 Å². The van der Waals surface area contributed by atoms with Crippen molar-refractivity contribution in [2.75, 3.05) is 6.61 Å². The molecule has 0 unspecified atom stereocenters. The zero-order valence-electron chi connectivity index (χ0n) is 18.6. The van der Waals surface area contributed by atoms with Gasteiger partial charge in [0.1, 0.15) is 23.9 Å². The van der Waals surface area contributed by atoms with Gasteiger partial charge in [-0.05, 0) is 74.6 Å². The van der Waals surface area contributed by atoms with Crippen LogP contribution in [-0.4, -0.2) is 16.2 Å². The molecule has 4 rings (SSSR count). The fourth-order valence-corrected chi connectivity index (χ4v) is 3.91. The summed E-state index contributed by atoms with van der Waals surface area (Å²) in [4.78, 5) is 4.83. The van der Waals surface area contributed by atoms with Crippen LogP contribution in [0.3, 0.4) is 0 Å². The Morgan fingerprint density at radius 2 is 1.58 bits per heavy atom. The van der Waals surface area contributed by atoms with Crippen LogP contribution < -0.4 is 9.47 Å². The summed E-state index contributed by atoms with van der Waals surface area (Å²) in [6.45, 7) is 8.33. The Balaban J connectivity index is 1.40. The number of aryl methyl sites for hydroxylation is 4. The number of imidazole rings is 1. The maximum Gasteiger partial charge on any atom is 0.147 e. The summed E-state index contributed by atoms with van der Waals surface area (Å²) in [6, 6.07) is 22.7. The van der Waals surface area contributed by atoms with Crippen molar-refractivity contribution >= 4 is 11.0 Å². The summed E-state index contributed by atoms with van der Waals surface area (Å²) >= 11 is 0. The molecule has 0 radical (unpaired) electrons. The van der Waals surface area contributed by atoms with Gasteiger partial charge in [-0.25, -0.2) is 4.98 Å². The standard InChI is InChI=1S/C27H30N2O2/c1-20-10-8-13-23(18-20)31-19-26-28-24-14-4-5-15-25(24)29(26)16-6-7-17-30-27-21(2)11-9-12-22(27)3/h4-5,8-15,18H,6-7,16-17,19H2,1-3H3. The smallest absolute Gasteiger partial charge is 0.147 e. The number of benzene rings is 3. The minimum atomic E-state index is 0.455. The van der Waals surface area contributed by atoms with Crippen LogP contribution in [0.25, 0.3) is 11.0 Å². The van der Waals surface area contributed by atoms with Crippen molar-refractivity contribution in [1.29, 1.82) is 0 Å². The summed E-state index contributed by atoms with van der Waals surface area (Å²) in [5.74, 6) is 2.85. The zero-order chi connectivity index (χ0) is 21.6. The molecule has 0 N–H and O–H groups in total. The normalized spacial score (nSPS) is 11.1. The third kappa shape index (κ3) is 5.08. The number of unbranched alkanes of at least 4 members (excludes halogenated alkanes) is 1. The van der Waals surface area contributed by atoms with Gasteiger partial charge in [0.15, 0.2) is 0 Å². The third-order valence-corrected chi connectivity index (χ3v) is 5.52. The molecule has 0 atom stereocenters. The van der Waals surface area contributed by atoms with E-state index in [1.807, 2.05) is 18.2 Å². The monoisotopic (exact) mass is 414 g/mol. The van der Waals surface area contributed by atoms with Crippen LogP contribution >= 0.6 is 0 Å². The fraction of sp³-hybridized carbons (Fsp3) is 0.296. The maximum atomic E-state index is 6.07. The van der Waals surface area contributed by atoms with Gasteiger partial charge in [-0.3, -0.25) is 0 Å². The molecule has 0 fully saturated rings. The van der Waals surface area contributed by atoms with E-state index in [4.69, 9.17) is 14.5 Å². The van der Waals surface area contributed by atoms with Gasteiger partial charge in [-0.15, -0.1) is 0 Å². The first kappa shape index (κ1) is 21.0. The van der Waals surface area contributed by atoms with Crippen molar-refractivity contribution in [3.63, 3.8) is 0 Å². The molecule has 0 spiro atoms. The second-order valence-electron chi connectivity index (χ2n) is 8.05. The van der Waals surface area contributed by atoms with Crippen LogP contribution in [0.4, 0.5) is 0 Å². The average Bonchev–Trinajstić information content (AvgIpc) is 3.11. The minimum Gasteiger partial charge on any atom is -0.493 e. The Labute approximate surface area is 184 Å². The predicted octanol–water partition coefficient (Wildman–Crippen LogP) is 6.40. The summed E-state index contributed by atoms with van der Waals surface area (Å²) in [5.41, 5.74) is 5.74. The number of fused-ring (bicyclic) bond motifs is 1. The van der Waals surface area contributed by atoms with Crippen molar-refractivity contribution in [1.82, 2.24) is 9.55 Å². The molecule has 4 heteroatoms. The molecule has 0 amide bonds. The van der Waals surface area contributed by atoms with Crippen LogP contribution in [-0.2, 0) is 13.2 Å². The van der Waals surface area contributed by atoms with Gasteiger partial charge < -0.3 is 14.0 Å². The molecule has 0 saturated carbocycles. The van der Waals surface area contributed by atoms with E-state index in [1.165, 1.54) is 16.7 Å². The Morgan fingerprint density at radius 1 is 0.806 bits per heavy atom. The van der Waals surface area contributed by atoms with Gasteiger partial charge in [0, 0.05) is 6.54 Å². The lowest BCUT2D eigenvalue weighted by Gasteiger charge is -2.13. The first-order chi connectivity index (χ1) is 15.1. The molecule has 1 aromatic heterocycles. The highest BCUT2D eigenvalue weighted by Gasteiger charge is 2.11. The highest BCUT2D eigenvalue weighted by Crippen LogP contribution is 2.23. The first-order valence-electron chi connectivity index (χ1n) is 10.9. The van der Waals surface area contributed by atoms with Crippen molar-refractivity contribution in [3.05, 3.63) is 89.2 Å². The molecule has 3 aromatic carbocycles.